The highest BCUT2D eigenvalue weighted by atomic mass is 16.5. The van der Waals surface area contributed by atoms with Crippen LogP contribution in [0.2, 0.25) is 0 Å². The summed E-state index contributed by atoms with van der Waals surface area (Å²) in [6.45, 7) is 4.17. The molecule has 8 heteroatoms. The van der Waals surface area contributed by atoms with Crippen LogP contribution in [0.5, 0.6) is 11.5 Å². The molecule has 1 unspecified atom stereocenters. The Morgan fingerprint density at radius 2 is 1.35 bits per heavy atom. The molecule has 9 rings (SSSR count). The molecule has 3 heterocycles. The van der Waals surface area contributed by atoms with E-state index in [1.807, 2.05) is 48.5 Å². The summed E-state index contributed by atoms with van der Waals surface area (Å²) in [6.07, 6.45) is 0.0183. The zero-order valence-electron chi connectivity index (χ0n) is 28.2. The number of fused-ring (bicyclic) bond motifs is 12. The van der Waals surface area contributed by atoms with Crippen molar-refractivity contribution in [3.8, 4) is 22.6 Å². The van der Waals surface area contributed by atoms with Crippen LogP contribution in [-0.4, -0.2) is 37.2 Å². The van der Waals surface area contributed by atoms with Crippen molar-refractivity contribution < 1.29 is 9.47 Å². The number of amidine groups is 2. The molecule has 0 bridgehead atoms. The number of aliphatic imine (C=N–C) groups is 3. The molecular formula is C43H34N6O2. The lowest BCUT2D eigenvalue weighted by molar-refractivity contribution is 0.414. The summed E-state index contributed by atoms with van der Waals surface area (Å²) in [4.78, 5) is 16.9. The molecule has 1 N–H and O–H groups in total. The fourth-order valence-electron chi connectivity index (χ4n) is 7.46. The number of hydrogen-bond acceptors (Lipinski definition) is 5. The highest BCUT2D eigenvalue weighted by molar-refractivity contribution is 6.19. The largest absolute Gasteiger partial charge is 0.497 e. The van der Waals surface area contributed by atoms with Crippen molar-refractivity contribution in [2.75, 3.05) is 24.4 Å². The monoisotopic (exact) mass is 666 g/mol. The van der Waals surface area contributed by atoms with Crippen LogP contribution in [0.25, 0.3) is 32.9 Å². The van der Waals surface area contributed by atoms with E-state index in [9.17, 15) is 0 Å². The van der Waals surface area contributed by atoms with E-state index < -0.39 is 0 Å². The first-order valence-electron chi connectivity index (χ1n) is 16.8. The van der Waals surface area contributed by atoms with Gasteiger partial charge < -0.3 is 24.3 Å². The maximum Gasteiger partial charge on any atom is 0.161 e. The van der Waals surface area contributed by atoms with Gasteiger partial charge in [-0.05, 0) is 91.1 Å². The van der Waals surface area contributed by atoms with Gasteiger partial charge in [-0.15, -0.1) is 0 Å². The van der Waals surface area contributed by atoms with E-state index in [2.05, 4.69) is 111 Å². The first-order valence-corrected chi connectivity index (χ1v) is 16.8. The highest BCUT2D eigenvalue weighted by Crippen LogP contribution is 2.56. The van der Waals surface area contributed by atoms with E-state index in [4.69, 9.17) is 19.5 Å². The van der Waals surface area contributed by atoms with Gasteiger partial charge in [0.05, 0.1) is 42.3 Å². The summed E-state index contributed by atoms with van der Waals surface area (Å²) < 4.78 is 13.1. The summed E-state index contributed by atoms with van der Waals surface area (Å²) in [5.74, 6) is 2.51. The van der Waals surface area contributed by atoms with E-state index in [-0.39, 0.29) is 6.17 Å². The van der Waals surface area contributed by atoms with Gasteiger partial charge in [-0.25, -0.2) is 15.0 Å². The smallest absolute Gasteiger partial charge is 0.161 e. The molecule has 8 nitrogen and oxygen atoms in total. The molecule has 0 amide bonds. The number of hydrogen-bond donors (Lipinski definition) is 1. The number of aromatic nitrogens is 1. The molecule has 0 fully saturated rings. The van der Waals surface area contributed by atoms with Crippen molar-refractivity contribution in [2.45, 2.75) is 12.8 Å². The van der Waals surface area contributed by atoms with Crippen molar-refractivity contribution in [3.63, 3.8) is 0 Å². The van der Waals surface area contributed by atoms with Crippen LogP contribution in [-0.2, 0) is 6.67 Å². The van der Waals surface area contributed by atoms with E-state index in [0.29, 0.717) is 18.3 Å². The van der Waals surface area contributed by atoms with Crippen LogP contribution in [0, 0.1) is 0 Å². The zero-order valence-corrected chi connectivity index (χ0v) is 28.2. The van der Waals surface area contributed by atoms with Gasteiger partial charge in [0, 0.05) is 33.0 Å². The number of benzene rings is 6. The Labute approximate surface area is 295 Å². The molecule has 0 saturated carbocycles. The molecule has 0 spiro atoms. The quantitative estimate of drug-likeness (QED) is 0.142. The predicted molar refractivity (Wildman–Crippen MR) is 208 cm³/mol. The molecule has 0 aliphatic carbocycles. The third-order valence-electron chi connectivity index (χ3n) is 9.83. The van der Waals surface area contributed by atoms with Crippen molar-refractivity contribution in [2.24, 2.45) is 15.0 Å². The second-order valence-electron chi connectivity index (χ2n) is 12.5. The second kappa shape index (κ2) is 12.3. The fraction of sp³-hybridized carbons (Fsp3) is 0.0930. The molecule has 2 aliphatic rings. The average molecular weight is 667 g/mol. The lowest BCUT2D eigenvalue weighted by Gasteiger charge is -2.35. The molecule has 7 aromatic rings. The van der Waals surface area contributed by atoms with Gasteiger partial charge in [-0.1, -0.05) is 54.6 Å². The van der Waals surface area contributed by atoms with Gasteiger partial charge in [0.2, 0.25) is 0 Å². The summed E-state index contributed by atoms with van der Waals surface area (Å²) in [6, 6.07) is 45.8. The second-order valence-corrected chi connectivity index (χ2v) is 12.5. The third kappa shape index (κ3) is 4.95. The van der Waals surface area contributed by atoms with Gasteiger partial charge >= 0.3 is 0 Å². The van der Waals surface area contributed by atoms with Gasteiger partial charge in [0.25, 0.3) is 0 Å². The number of anilines is 3. The number of nitrogens with zero attached hydrogens (tertiary/aromatic N) is 5. The summed E-state index contributed by atoms with van der Waals surface area (Å²) in [5.41, 5.74) is 11.0. The first kappa shape index (κ1) is 30.4. The molecule has 51 heavy (non-hydrogen) atoms. The van der Waals surface area contributed by atoms with Crippen LogP contribution in [0.4, 0.5) is 17.1 Å². The van der Waals surface area contributed by atoms with Crippen LogP contribution in [0.3, 0.4) is 0 Å². The van der Waals surface area contributed by atoms with Crippen molar-refractivity contribution >= 4 is 57.3 Å². The predicted octanol–water partition coefficient (Wildman–Crippen LogP) is 9.61. The minimum atomic E-state index is 0.0183. The standard InChI is InChI=1S/C43H34N6O2/c1-44-41(27-16-20-29(50-2)21-17-27)47-42(28-18-22-30(51-3)23-19-28)45-26-48-35-14-8-6-12-33(35)40-37(48)24-25-38-39(40)31-10-4-5-11-32(31)43-46-34-13-7-9-15-36(34)49(38)43/h4-25,43,46H,1,26H2,2-3H3/b45-42-,47-41?. The molecule has 6 aromatic carbocycles. The normalized spacial score (nSPS) is 14.8. The minimum Gasteiger partial charge on any atom is -0.497 e. The number of ether oxygens (including phenoxy) is 2. The van der Waals surface area contributed by atoms with E-state index in [0.717, 1.165) is 39.3 Å². The van der Waals surface area contributed by atoms with Gasteiger partial charge in [-0.2, -0.15) is 0 Å². The van der Waals surface area contributed by atoms with Crippen LogP contribution >= 0.6 is 0 Å². The molecular weight excluding hydrogens is 633 g/mol. The lowest BCUT2D eigenvalue weighted by atomic mass is 9.88. The molecule has 0 radical (unpaired) electrons. The summed E-state index contributed by atoms with van der Waals surface area (Å²) >= 11 is 0. The van der Waals surface area contributed by atoms with Crippen molar-refractivity contribution in [1.82, 2.24) is 4.57 Å². The Kier molecular flexibility index (Phi) is 7.35. The molecule has 1 atom stereocenters. The molecule has 248 valence electrons. The number of nitrogens with one attached hydrogen (secondary N) is 1. The number of para-hydroxylation sites is 3. The van der Waals surface area contributed by atoms with Crippen LogP contribution < -0.4 is 19.7 Å². The SMILES string of the molecule is C=NC(=N/C(=N\Cn1c2ccccc2c2c3c(ccc21)N1c2ccccc2NC1c1ccccc1-3)c1ccc(OC)cc1)c1ccc(OC)cc1. The Hall–Kier alpha value is -6.67. The summed E-state index contributed by atoms with van der Waals surface area (Å²) in [5, 5.41) is 6.16. The lowest BCUT2D eigenvalue weighted by Crippen LogP contribution is -2.27. The summed E-state index contributed by atoms with van der Waals surface area (Å²) in [7, 11) is 3.30. The number of rotatable bonds is 6. The van der Waals surface area contributed by atoms with E-state index >= 15 is 0 Å². The van der Waals surface area contributed by atoms with Gasteiger partial charge in [-0.3, -0.25) is 0 Å². The van der Waals surface area contributed by atoms with E-state index in [1.165, 1.54) is 38.8 Å². The molecule has 2 aliphatic heterocycles. The fourth-order valence-corrected chi connectivity index (χ4v) is 7.46. The Balaban J connectivity index is 1.23. The van der Waals surface area contributed by atoms with Gasteiger partial charge in [0.15, 0.2) is 11.7 Å². The average Bonchev–Trinajstić information content (AvgIpc) is 3.74. The topological polar surface area (TPSA) is 75.7 Å². The first-order chi connectivity index (χ1) is 25.2. The number of methoxy groups -OCH3 is 2. The van der Waals surface area contributed by atoms with Gasteiger partial charge in [0.1, 0.15) is 24.3 Å². The maximum absolute atomic E-state index is 5.45. The Morgan fingerprint density at radius 3 is 2.10 bits per heavy atom. The van der Waals surface area contributed by atoms with E-state index in [1.54, 1.807) is 14.2 Å². The zero-order chi connectivity index (χ0) is 34.5. The van der Waals surface area contributed by atoms with Crippen molar-refractivity contribution in [1.29, 1.82) is 0 Å². The Bertz CT molecular complexity index is 2530. The Morgan fingerprint density at radius 1 is 0.686 bits per heavy atom. The molecule has 0 saturated heterocycles. The highest BCUT2D eigenvalue weighted by Gasteiger charge is 2.38. The van der Waals surface area contributed by atoms with Crippen molar-refractivity contribution in [3.05, 3.63) is 150 Å². The van der Waals surface area contributed by atoms with Crippen LogP contribution in [0.1, 0.15) is 22.9 Å². The van der Waals surface area contributed by atoms with Crippen LogP contribution in [0.15, 0.2) is 148 Å². The maximum atomic E-state index is 5.45. The minimum absolute atomic E-state index is 0.0183. The third-order valence-corrected chi connectivity index (χ3v) is 9.83. The molecule has 1 aromatic heterocycles.